The lowest BCUT2D eigenvalue weighted by atomic mass is 10.1. The molecule has 0 fully saturated rings. The van der Waals surface area contributed by atoms with Gasteiger partial charge in [-0.25, -0.2) is 0 Å². The van der Waals surface area contributed by atoms with E-state index in [9.17, 15) is 0 Å². The minimum atomic E-state index is 0.456. The molecule has 0 N–H and O–H groups in total. The van der Waals surface area contributed by atoms with Crippen molar-refractivity contribution in [2.24, 2.45) is 0 Å². The van der Waals surface area contributed by atoms with E-state index in [4.69, 9.17) is 0 Å². The van der Waals surface area contributed by atoms with Gasteiger partial charge in [-0.3, -0.25) is 4.98 Å². The molecule has 0 spiro atoms. The Morgan fingerprint density at radius 2 is 1.85 bits per heavy atom. The summed E-state index contributed by atoms with van der Waals surface area (Å²) in [4.78, 5) is 4.47. The summed E-state index contributed by atoms with van der Waals surface area (Å²) in [5, 5.41) is 8.64. The highest BCUT2D eigenvalue weighted by Crippen LogP contribution is 2.15. The van der Waals surface area contributed by atoms with Crippen LogP contribution in [0, 0.1) is 0 Å². The Morgan fingerprint density at radius 1 is 1.08 bits per heavy atom. The van der Waals surface area contributed by atoms with E-state index in [1.807, 2.05) is 12.1 Å². The van der Waals surface area contributed by atoms with Crippen LogP contribution in [0.2, 0.25) is 0 Å². The minimum Gasteiger partial charge on any atom is -0.251 e. The first-order chi connectivity index (χ1) is 6.27. The first-order valence-corrected chi connectivity index (χ1v) is 4.35. The van der Waals surface area contributed by atoms with E-state index in [1.54, 1.807) is 12.4 Å². The molecule has 2 rings (SSSR count). The van der Waals surface area contributed by atoms with Gasteiger partial charge in [-0.05, 0) is 18.1 Å². The van der Waals surface area contributed by atoms with Gasteiger partial charge in [0.25, 0.3) is 0 Å². The fraction of sp³-hybridized carbons (Fsp3) is 0.300. The summed E-state index contributed by atoms with van der Waals surface area (Å²) in [5.74, 6) is 0.456. The van der Waals surface area contributed by atoms with Gasteiger partial charge in [0.15, 0.2) is 0 Å². The van der Waals surface area contributed by atoms with Crippen molar-refractivity contribution in [1.82, 2.24) is 15.2 Å². The zero-order valence-corrected chi connectivity index (χ0v) is 7.73. The summed E-state index contributed by atoms with van der Waals surface area (Å²) in [5.41, 5.74) is 2.02. The predicted molar refractivity (Wildman–Crippen MR) is 51.4 cm³/mol. The van der Waals surface area contributed by atoms with Gasteiger partial charge in [0, 0.05) is 11.1 Å². The van der Waals surface area contributed by atoms with Crippen LogP contribution in [0.4, 0.5) is 0 Å². The third kappa shape index (κ3) is 1.49. The van der Waals surface area contributed by atoms with Crippen molar-refractivity contribution in [3.63, 3.8) is 0 Å². The summed E-state index contributed by atoms with van der Waals surface area (Å²) < 4.78 is 0. The molecule has 0 aromatic carbocycles. The Morgan fingerprint density at radius 3 is 2.62 bits per heavy atom. The van der Waals surface area contributed by atoms with Crippen LogP contribution in [0.15, 0.2) is 24.5 Å². The van der Waals surface area contributed by atoms with Crippen molar-refractivity contribution in [1.29, 1.82) is 0 Å². The number of rotatable bonds is 1. The van der Waals surface area contributed by atoms with E-state index in [0.29, 0.717) is 5.92 Å². The third-order valence-electron chi connectivity index (χ3n) is 2.01. The van der Waals surface area contributed by atoms with Crippen molar-refractivity contribution < 1.29 is 0 Å². The van der Waals surface area contributed by atoms with Crippen molar-refractivity contribution >= 4 is 10.9 Å². The fourth-order valence-electron chi connectivity index (χ4n) is 1.22. The van der Waals surface area contributed by atoms with E-state index in [1.165, 1.54) is 0 Å². The molecule has 13 heavy (non-hydrogen) atoms. The average Bonchev–Trinajstić information content (AvgIpc) is 2.17. The van der Waals surface area contributed by atoms with E-state index < -0.39 is 0 Å². The van der Waals surface area contributed by atoms with E-state index >= 15 is 0 Å². The second-order valence-corrected chi connectivity index (χ2v) is 3.35. The zero-order chi connectivity index (χ0) is 9.26. The van der Waals surface area contributed by atoms with Gasteiger partial charge < -0.3 is 0 Å². The molecule has 0 aliphatic heterocycles. The van der Waals surface area contributed by atoms with Crippen LogP contribution < -0.4 is 0 Å². The normalized spacial score (nSPS) is 11.0. The van der Waals surface area contributed by atoms with E-state index in [0.717, 1.165) is 16.6 Å². The molecule has 3 nitrogen and oxygen atoms in total. The second-order valence-electron chi connectivity index (χ2n) is 3.35. The van der Waals surface area contributed by atoms with Gasteiger partial charge in [-0.15, -0.1) is 0 Å². The van der Waals surface area contributed by atoms with Gasteiger partial charge in [-0.1, -0.05) is 13.8 Å². The molecule has 3 heteroatoms. The quantitative estimate of drug-likeness (QED) is 0.663. The topological polar surface area (TPSA) is 38.7 Å². The first kappa shape index (κ1) is 8.10. The average molecular weight is 173 g/mol. The van der Waals surface area contributed by atoms with Crippen LogP contribution in [-0.2, 0) is 0 Å². The highest BCUT2D eigenvalue weighted by Gasteiger charge is 2.01. The maximum Gasteiger partial charge on any atom is 0.0922 e. The Hall–Kier alpha value is -1.51. The largest absolute Gasteiger partial charge is 0.251 e. The molecule has 0 saturated heterocycles. The van der Waals surface area contributed by atoms with Crippen LogP contribution >= 0.6 is 0 Å². The molecule has 0 amide bonds. The smallest absolute Gasteiger partial charge is 0.0922 e. The number of hydrogen-bond acceptors (Lipinski definition) is 3. The number of fused-ring (bicyclic) bond motifs is 1. The molecule has 0 radical (unpaired) electrons. The molecular weight excluding hydrogens is 162 g/mol. The maximum atomic E-state index is 4.47. The van der Waals surface area contributed by atoms with Gasteiger partial charge in [0.05, 0.1) is 17.9 Å². The molecule has 2 heterocycles. The van der Waals surface area contributed by atoms with Crippen molar-refractivity contribution in [2.75, 3.05) is 0 Å². The summed E-state index contributed by atoms with van der Waals surface area (Å²) >= 11 is 0. The van der Waals surface area contributed by atoms with Crippen molar-refractivity contribution in [3.05, 3.63) is 30.2 Å². The Labute approximate surface area is 76.8 Å². The highest BCUT2D eigenvalue weighted by atomic mass is 15.1. The molecule has 0 saturated carbocycles. The highest BCUT2D eigenvalue weighted by molar-refractivity contribution is 5.76. The second kappa shape index (κ2) is 3.09. The summed E-state index contributed by atoms with van der Waals surface area (Å²) in [7, 11) is 0. The molecule has 0 unspecified atom stereocenters. The lowest BCUT2D eigenvalue weighted by Gasteiger charge is -2.04. The van der Waals surface area contributed by atoms with Gasteiger partial charge in [0.1, 0.15) is 0 Å². The van der Waals surface area contributed by atoms with Crippen LogP contribution in [0.5, 0.6) is 0 Å². The predicted octanol–water partition coefficient (Wildman–Crippen LogP) is 2.15. The van der Waals surface area contributed by atoms with E-state index in [2.05, 4.69) is 29.0 Å². The monoisotopic (exact) mass is 173 g/mol. The molecular formula is C10H11N3. The molecule has 2 aromatic rings. The Balaban J connectivity index is 2.62. The van der Waals surface area contributed by atoms with E-state index in [-0.39, 0.29) is 0 Å². The summed E-state index contributed by atoms with van der Waals surface area (Å²) in [6, 6.07) is 4.07. The number of nitrogens with zero attached hydrogens (tertiary/aromatic N) is 3. The van der Waals surface area contributed by atoms with Gasteiger partial charge >= 0.3 is 0 Å². The van der Waals surface area contributed by atoms with Crippen LogP contribution in [-0.4, -0.2) is 15.2 Å². The minimum absolute atomic E-state index is 0.456. The number of aromatic nitrogens is 3. The standard InChI is InChI=1S/C10H11N3/c1-7(2)9-4-3-8-5-11-12-6-10(8)13-9/h3-7H,1-2H3. The van der Waals surface area contributed by atoms with Crippen LogP contribution in [0.1, 0.15) is 25.5 Å². The summed E-state index contributed by atoms with van der Waals surface area (Å²) in [6.07, 6.45) is 3.42. The fourth-order valence-corrected chi connectivity index (χ4v) is 1.22. The zero-order valence-electron chi connectivity index (χ0n) is 7.73. The maximum absolute atomic E-state index is 4.47. The lowest BCUT2D eigenvalue weighted by molar-refractivity contribution is 0.829. The van der Waals surface area contributed by atoms with Crippen LogP contribution in [0.3, 0.4) is 0 Å². The molecule has 2 aromatic heterocycles. The Kier molecular flexibility index (Phi) is 1.93. The first-order valence-electron chi connectivity index (χ1n) is 4.35. The van der Waals surface area contributed by atoms with Crippen molar-refractivity contribution in [3.8, 4) is 0 Å². The van der Waals surface area contributed by atoms with Crippen molar-refractivity contribution in [2.45, 2.75) is 19.8 Å². The molecule has 0 aliphatic carbocycles. The lowest BCUT2D eigenvalue weighted by Crippen LogP contribution is -1.93. The summed E-state index contributed by atoms with van der Waals surface area (Å²) in [6.45, 7) is 4.26. The molecule has 66 valence electrons. The Bertz CT molecular complexity index is 423. The molecule has 0 atom stereocenters. The van der Waals surface area contributed by atoms with Gasteiger partial charge in [0.2, 0.25) is 0 Å². The number of hydrogen-bond donors (Lipinski definition) is 0. The SMILES string of the molecule is CC(C)c1ccc2cnncc2n1. The van der Waals surface area contributed by atoms with Crippen LogP contribution in [0.25, 0.3) is 10.9 Å². The third-order valence-corrected chi connectivity index (χ3v) is 2.01. The molecule has 0 aliphatic rings. The number of pyridine rings is 1. The molecule has 0 bridgehead atoms. The van der Waals surface area contributed by atoms with Gasteiger partial charge in [-0.2, -0.15) is 10.2 Å².